The van der Waals surface area contributed by atoms with Gasteiger partial charge in [0.1, 0.15) is 5.75 Å². The lowest BCUT2D eigenvalue weighted by atomic mass is 9.98. The smallest absolute Gasteiger partial charge is 0.338 e. The second kappa shape index (κ2) is 5.23. The average molecular weight is 253 g/mol. The highest BCUT2D eigenvalue weighted by atomic mass is 16.5. The van der Waals surface area contributed by atoms with Gasteiger partial charge in [0.25, 0.3) is 0 Å². The first-order chi connectivity index (χ1) is 9.17. The van der Waals surface area contributed by atoms with Crippen molar-refractivity contribution >= 4 is 11.7 Å². The van der Waals surface area contributed by atoms with Crippen LogP contribution in [0.25, 0.3) is 16.0 Å². The molecule has 4 nitrogen and oxygen atoms in total. The number of phenols is 1. The average Bonchev–Trinajstić information content (AvgIpc) is 2.46. The van der Waals surface area contributed by atoms with Crippen LogP contribution in [-0.4, -0.2) is 18.2 Å². The van der Waals surface area contributed by atoms with Gasteiger partial charge < -0.3 is 9.84 Å². The van der Waals surface area contributed by atoms with E-state index in [4.69, 9.17) is 11.3 Å². The number of benzene rings is 2. The lowest BCUT2D eigenvalue weighted by Crippen LogP contribution is -2.03. The minimum absolute atomic E-state index is 0.0237. The largest absolute Gasteiger partial charge is 0.508 e. The van der Waals surface area contributed by atoms with Gasteiger partial charge in [-0.2, -0.15) is 0 Å². The summed E-state index contributed by atoms with van der Waals surface area (Å²) in [6.45, 7) is 7.16. The van der Waals surface area contributed by atoms with Crippen LogP contribution in [0.2, 0.25) is 0 Å². The van der Waals surface area contributed by atoms with E-state index in [1.165, 1.54) is 19.2 Å². The van der Waals surface area contributed by atoms with E-state index in [-0.39, 0.29) is 11.3 Å². The molecule has 0 atom stereocenters. The number of methoxy groups -OCH3 is 1. The second-order valence-electron chi connectivity index (χ2n) is 3.85. The highest BCUT2D eigenvalue weighted by molar-refractivity contribution is 5.99. The summed E-state index contributed by atoms with van der Waals surface area (Å²) in [6.07, 6.45) is 0. The number of ether oxygens (including phenoxy) is 1. The molecule has 4 heteroatoms. The third-order valence-corrected chi connectivity index (χ3v) is 2.72. The Hall–Kier alpha value is -2.80. The van der Waals surface area contributed by atoms with Gasteiger partial charge in [0.05, 0.1) is 19.2 Å². The molecule has 0 fully saturated rings. The monoisotopic (exact) mass is 253 g/mol. The van der Waals surface area contributed by atoms with Crippen LogP contribution in [0.4, 0.5) is 5.69 Å². The molecule has 1 N–H and O–H groups in total. The predicted molar refractivity (Wildman–Crippen MR) is 71.1 cm³/mol. The van der Waals surface area contributed by atoms with Gasteiger partial charge in [-0.15, -0.1) is 0 Å². The number of esters is 1. The van der Waals surface area contributed by atoms with Gasteiger partial charge in [0.15, 0.2) is 5.69 Å². The summed E-state index contributed by atoms with van der Waals surface area (Å²) in [4.78, 5) is 15.2. The highest BCUT2D eigenvalue weighted by Crippen LogP contribution is 2.34. The molecule has 0 unspecified atom stereocenters. The summed E-state index contributed by atoms with van der Waals surface area (Å²) in [5.41, 5.74) is 1.88. The number of rotatable bonds is 2. The molecular formula is C15H11NO3. The molecule has 0 aliphatic heterocycles. The summed E-state index contributed by atoms with van der Waals surface area (Å²) in [7, 11) is 1.27. The Bertz CT molecular complexity index is 671. The van der Waals surface area contributed by atoms with Crippen molar-refractivity contribution in [3.8, 4) is 16.9 Å². The van der Waals surface area contributed by atoms with Crippen molar-refractivity contribution in [2.24, 2.45) is 0 Å². The Balaban J connectivity index is 2.69. The predicted octanol–water partition coefficient (Wildman–Crippen LogP) is 3.40. The Morgan fingerprint density at radius 1 is 1.21 bits per heavy atom. The van der Waals surface area contributed by atoms with Crippen LogP contribution in [0.1, 0.15) is 10.4 Å². The van der Waals surface area contributed by atoms with Crippen molar-refractivity contribution < 1.29 is 14.6 Å². The second-order valence-corrected chi connectivity index (χ2v) is 3.85. The third kappa shape index (κ3) is 2.40. The van der Waals surface area contributed by atoms with E-state index in [0.29, 0.717) is 16.8 Å². The Labute approximate surface area is 110 Å². The number of aromatic hydroxyl groups is 1. The number of carbonyl (C=O) groups is 1. The standard InChI is InChI=1S/C15H11NO3/c1-16-14-6-4-3-5-12(14)11-8-7-10(17)9-13(11)15(18)19-2/h3-9,17H,2H3. The molecule has 2 rings (SSSR count). The third-order valence-electron chi connectivity index (χ3n) is 2.72. The van der Waals surface area contributed by atoms with Crippen LogP contribution in [0.5, 0.6) is 5.75 Å². The Kier molecular flexibility index (Phi) is 3.48. The van der Waals surface area contributed by atoms with Gasteiger partial charge in [-0.25, -0.2) is 9.64 Å². The first-order valence-electron chi connectivity index (χ1n) is 5.55. The fourth-order valence-electron chi connectivity index (χ4n) is 1.84. The van der Waals surface area contributed by atoms with Crippen molar-refractivity contribution in [1.29, 1.82) is 0 Å². The van der Waals surface area contributed by atoms with Crippen molar-refractivity contribution in [1.82, 2.24) is 0 Å². The zero-order valence-electron chi connectivity index (χ0n) is 10.3. The lowest BCUT2D eigenvalue weighted by molar-refractivity contribution is 0.0601. The van der Waals surface area contributed by atoms with Crippen LogP contribution in [0.3, 0.4) is 0 Å². The molecule has 2 aromatic rings. The fraction of sp³-hybridized carbons (Fsp3) is 0.0667. The molecule has 19 heavy (non-hydrogen) atoms. The van der Waals surface area contributed by atoms with Crippen molar-refractivity contribution in [2.45, 2.75) is 0 Å². The Morgan fingerprint density at radius 3 is 2.63 bits per heavy atom. The zero-order valence-corrected chi connectivity index (χ0v) is 10.3. The van der Waals surface area contributed by atoms with Crippen LogP contribution in [-0.2, 0) is 4.74 Å². The van der Waals surface area contributed by atoms with Gasteiger partial charge in [0.2, 0.25) is 0 Å². The maximum absolute atomic E-state index is 11.7. The van der Waals surface area contributed by atoms with Crippen molar-refractivity contribution in [2.75, 3.05) is 7.11 Å². The van der Waals surface area contributed by atoms with Gasteiger partial charge in [0, 0.05) is 0 Å². The molecule has 0 radical (unpaired) electrons. The van der Waals surface area contributed by atoms with Gasteiger partial charge in [-0.3, -0.25) is 0 Å². The number of nitrogens with zero attached hydrogens (tertiary/aromatic N) is 1. The minimum atomic E-state index is -0.550. The Morgan fingerprint density at radius 2 is 1.95 bits per heavy atom. The van der Waals surface area contributed by atoms with E-state index in [1.54, 1.807) is 30.3 Å². The van der Waals surface area contributed by atoms with Crippen LogP contribution < -0.4 is 0 Å². The number of carbonyl (C=O) groups excluding carboxylic acids is 1. The minimum Gasteiger partial charge on any atom is -0.508 e. The highest BCUT2D eigenvalue weighted by Gasteiger charge is 2.16. The zero-order chi connectivity index (χ0) is 13.8. The molecular weight excluding hydrogens is 242 g/mol. The van der Waals surface area contributed by atoms with Gasteiger partial charge in [-0.1, -0.05) is 30.3 Å². The summed E-state index contributed by atoms with van der Waals surface area (Å²) in [5, 5.41) is 9.49. The van der Waals surface area contributed by atoms with E-state index < -0.39 is 5.97 Å². The molecule has 0 aromatic heterocycles. The SMILES string of the molecule is [C-]#[N+]c1ccccc1-c1ccc(O)cc1C(=O)OC. The topological polar surface area (TPSA) is 50.9 Å². The summed E-state index contributed by atoms with van der Waals surface area (Å²) in [6, 6.07) is 11.4. The first kappa shape index (κ1) is 12.7. The molecule has 94 valence electrons. The molecule has 2 aromatic carbocycles. The maximum atomic E-state index is 11.7. The first-order valence-corrected chi connectivity index (χ1v) is 5.55. The lowest BCUT2D eigenvalue weighted by Gasteiger charge is -2.10. The van der Waals surface area contributed by atoms with Crippen molar-refractivity contribution in [3.63, 3.8) is 0 Å². The number of phenolic OH excluding ortho intramolecular Hbond substituents is 1. The van der Waals surface area contributed by atoms with E-state index in [1.807, 2.05) is 0 Å². The molecule has 0 bridgehead atoms. The maximum Gasteiger partial charge on any atom is 0.338 e. The fourth-order valence-corrected chi connectivity index (χ4v) is 1.84. The van der Waals surface area contributed by atoms with E-state index in [9.17, 15) is 9.90 Å². The quantitative estimate of drug-likeness (QED) is 0.659. The molecule has 0 saturated carbocycles. The molecule has 0 spiro atoms. The van der Waals surface area contributed by atoms with Gasteiger partial charge >= 0.3 is 5.97 Å². The van der Waals surface area contributed by atoms with Crippen LogP contribution in [0, 0.1) is 6.57 Å². The summed E-state index contributed by atoms with van der Waals surface area (Å²) < 4.78 is 4.70. The summed E-state index contributed by atoms with van der Waals surface area (Å²) >= 11 is 0. The number of hydrogen-bond acceptors (Lipinski definition) is 3. The van der Waals surface area contributed by atoms with Gasteiger partial charge in [-0.05, 0) is 23.3 Å². The molecule has 0 aliphatic carbocycles. The van der Waals surface area contributed by atoms with Crippen LogP contribution in [0.15, 0.2) is 42.5 Å². The normalized spacial score (nSPS) is 9.68. The van der Waals surface area contributed by atoms with E-state index in [2.05, 4.69) is 4.85 Å². The van der Waals surface area contributed by atoms with E-state index in [0.717, 1.165) is 0 Å². The number of para-hydroxylation sites is 1. The van der Waals surface area contributed by atoms with Crippen molar-refractivity contribution in [3.05, 3.63) is 59.4 Å². The molecule has 0 heterocycles. The summed E-state index contributed by atoms with van der Waals surface area (Å²) in [5.74, 6) is -0.574. The van der Waals surface area contributed by atoms with E-state index >= 15 is 0 Å². The molecule has 0 amide bonds. The van der Waals surface area contributed by atoms with Crippen LogP contribution >= 0.6 is 0 Å². The molecule has 0 aliphatic rings. The number of hydrogen-bond donors (Lipinski definition) is 1. The molecule has 0 saturated heterocycles.